The highest BCUT2D eigenvalue weighted by Crippen LogP contribution is 2.20. The molecule has 1 aliphatic heterocycles. The average Bonchev–Trinajstić information content (AvgIpc) is 2.96. The predicted molar refractivity (Wildman–Crippen MR) is 55.5 cm³/mol. The van der Waals surface area contributed by atoms with E-state index in [0.29, 0.717) is 24.2 Å². The Morgan fingerprint density at radius 1 is 1.75 bits per heavy atom. The molecule has 1 unspecified atom stereocenters. The lowest BCUT2D eigenvalue weighted by Gasteiger charge is -2.21. The molecule has 0 saturated carbocycles. The van der Waals surface area contributed by atoms with Crippen molar-refractivity contribution in [1.82, 2.24) is 9.88 Å². The summed E-state index contributed by atoms with van der Waals surface area (Å²) >= 11 is 0. The summed E-state index contributed by atoms with van der Waals surface area (Å²) in [5.41, 5.74) is 0.774. The molecule has 1 aliphatic rings. The number of nitrogens with zero attached hydrogens (tertiary/aromatic N) is 2. The number of carbonyl (C=O) groups excluding carboxylic acids is 1. The number of alkyl halides is 1. The van der Waals surface area contributed by atoms with Gasteiger partial charge in [-0.05, 0) is 18.9 Å². The van der Waals surface area contributed by atoms with Crippen LogP contribution in [0.5, 0.6) is 0 Å². The third-order valence-corrected chi connectivity index (χ3v) is 2.86. The number of amides is 1. The van der Waals surface area contributed by atoms with Gasteiger partial charge < -0.3 is 9.88 Å². The number of aromatic nitrogens is 1. The molecule has 0 aromatic carbocycles. The fourth-order valence-corrected chi connectivity index (χ4v) is 2.00. The van der Waals surface area contributed by atoms with Crippen molar-refractivity contribution in [3.63, 3.8) is 0 Å². The topological polar surface area (TPSA) is 59.9 Å². The van der Waals surface area contributed by atoms with Crippen LogP contribution in [0, 0.1) is 11.3 Å². The number of H-pyrrole nitrogens is 1. The molecule has 16 heavy (non-hydrogen) atoms. The Morgan fingerprint density at radius 2 is 2.56 bits per heavy atom. The van der Waals surface area contributed by atoms with E-state index in [9.17, 15) is 9.18 Å². The highest BCUT2D eigenvalue weighted by Gasteiger charge is 2.29. The molecule has 1 amide bonds. The summed E-state index contributed by atoms with van der Waals surface area (Å²) < 4.78 is 12.6. The number of rotatable bonds is 2. The number of aromatic amines is 1. The number of halogens is 1. The van der Waals surface area contributed by atoms with Crippen molar-refractivity contribution in [2.45, 2.75) is 18.9 Å². The Balaban J connectivity index is 2.16. The van der Waals surface area contributed by atoms with E-state index in [1.807, 2.05) is 6.07 Å². The van der Waals surface area contributed by atoms with Crippen molar-refractivity contribution in [1.29, 1.82) is 5.26 Å². The second kappa shape index (κ2) is 4.35. The van der Waals surface area contributed by atoms with Gasteiger partial charge in [0.25, 0.3) is 5.91 Å². The van der Waals surface area contributed by atoms with Gasteiger partial charge >= 0.3 is 0 Å². The molecule has 0 radical (unpaired) electrons. The van der Waals surface area contributed by atoms with E-state index < -0.39 is 6.67 Å². The first-order chi connectivity index (χ1) is 7.76. The maximum atomic E-state index is 12.6. The molecule has 5 heteroatoms. The van der Waals surface area contributed by atoms with E-state index in [0.717, 1.165) is 6.42 Å². The van der Waals surface area contributed by atoms with E-state index >= 15 is 0 Å². The first kappa shape index (κ1) is 10.7. The summed E-state index contributed by atoms with van der Waals surface area (Å²) in [5, 5.41) is 8.64. The lowest BCUT2D eigenvalue weighted by Crippen LogP contribution is -2.36. The van der Waals surface area contributed by atoms with Crippen LogP contribution in [0.1, 0.15) is 28.9 Å². The Kier molecular flexibility index (Phi) is 2.91. The molecule has 1 aromatic rings. The van der Waals surface area contributed by atoms with Crippen LogP contribution in [0.15, 0.2) is 12.3 Å². The summed E-state index contributed by atoms with van der Waals surface area (Å²) in [6.07, 6.45) is 3.04. The molecule has 0 bridgehead atoms. The zero-order valence-electron chi connectivity index (χ0n) is 8.74. The van der Waals surface area contributed by atoms with Crippen molar-refractivity contribution in [3.05, 3.63) is 23.5 Å². The van der Waals surface area contributed by atoms with Crippen molar-refractivity contribution >= 4 is 5.91 Å². The van der Waals surface area contributed by atoms with Crippen LogP contribution in [-0.2, 0) is 0 Å². The van der Waals surface area contributed by atoms with Crippen molar-refractivity contribution in [3.8, 4) is 6.07 Å². The van der Waals surface area contributed by atoms with Crippen LogP contribution in [0.3, 0.4) is 0 Å². The summed E-state index contributed by atoms with van der Waals surface area (Å²) in [5.74, 6) is -0.221. The minimum Gasteiger partial charge on any atom is -0.356 e. The number of nitriles is 1. The van der Waals surface area contributed by atoms with Gasteiger partial charge in [-0.1, -0.05) is 0 Å². The van der Waals surface area contributed by atoms with Gasteiger partial charge in [-0.2, -0.15) is 5.26 Å². The fourth-order valence-electron chi connectivity index (χ4n) is 2.00. The summed E-state index contributed by atoms with van der Waals surface area (Å²) in [4.78, 5) is 16.2. The summed E-state index contributed by atoms with van der Waals surface area (Å²) in [7, 11) is 0. The van der Waals surface area contributed by atoms with Gasteiger partial charge in [0.2, 0.25) is 0 Å². The normalized spacial score (nSPS) is 19.8. The minimum atomic E-state index is -0.502. The van der Waals surface area contributed by atoms with Gasteiger partial charge in [-0.25, -0.2) is 4.39 Å². The Morgan fingerprint density at radius 3 is 3.19 bits per heavy atom. The number of nitrogens with one attached hydrogen (secondary N) is 1. The van der Waals surface area contributed by atoms with E-state index in [1.54, 1.807) is 0 Å². The SMILES string of the molecule is N#Cc1c[nH]c(C(=O)N2CCCC2CF)c1. The maximum absolute atomic E-state index is 12.6. The Hall–Kier alpha value is -1.83. The quantitative estimate of drug-likeness (QED) is 0.821. The van der Waals surface area contributed by atoms with Gasteiger partial charge in [-0.15, -0.1) is 0 Å². The lowest BCUT2D eigenvalue weighted by atomic mass is 10.2. The van der Waals surface area contributed by atoms with E-state index in [2.05, 4.69) is 4.98 Å². The largest absolute Gasteiger partial charge is 0.356 e. The molecule has 0 aliphatic carbocycles. The van der Waals surface area contributed by atoms with Crippen molar-refractivity contribution in [2.24, 2.45) is 0 Å². The highest BCUT2D eigenvalue weighted by molar-refractivity contribution is 5.93. The lowest BCUT2D eigenvalue weighted by molar-refractivity contribution is 0.0711. The third-order valence-electron chi connectivity index (χ3n) is 2.86. The van der Waals surface area contributed by atoms with Gasteiger partial charge in [0.05, 0.1) is 11.6 Å². The molecule has 1 saturated heterocycles. The summed E-state index contributed by atoms with van der Waals surface area (Å²) in [6.45, 7) is 0.0892. The summed E-state index contributed by atoms with van der Waals surface area (Å²) in [6, 6.07) is 3.13. The molecular formula is C11H12FN3O. The number of likely N-dealkylation sites (tertiary alicyclic amines) is 1. The zero-order chi connectivity index (χ0) is 11.5. The Labute approximate surface area is 92.7 Å². The van der Waals surface area contributed by atoms with Gasteiger partial charge in [0.1, 0.15) is 18.4 Å². The van der Waals surface area contributed by atoms with Gasteiger partial charge in [0, 0.05) is 12.7 Å². The number of carbonyl (C=O) groups is 1. The van der Waals surface area contributed by atoms with Crippen molar-refractivity contribution in [2.75, 3.05) is 13.2 Å². The predicted octanol–water partition coefficient (Wildman–Crippen LogP) is 1.46. The molecule has 2 heterocycles. The Bertz CT molecular complexity index is 435. The third kappa shape index (κ3) is 1.78. The molecule has 0 spiro atoms. The second-order valence-electron chi connectivity index (χ2n) is 3.86. The maximum Gasteiger partial charge on any atom is 0.270 e. The molecule has 1 aromatic heterocycles. The van der Waals surface area contributed by atoms with Gasteiger partial charge in [-0.3, -0.25) is 4.79 Å². The number of hydrogen-bond acceptors (Lipinski definition) is 2. The van der Waals surface area contributed by atoms with Crippen LogP contribution in [0.25, 0.3) is 0 Å². The van der Waals surface area contributed by atoms with Crippen molar-refractivity contribution < 1.29 is 9.18 Å². The van der Waals surface area contributed by atoms with Crippen LogP contribution in [-0.4, -0.2) is 35.1 Å². The average molecular weight is 221 g/mol. The van der Waals surface area contributed by atoms with E-state index in [4.69, 9.17) is 5.26 Å². The highest BCUT2D eigenvalue weighted by atomic mass is 19.1. The molecule has 1 N–H and O–H groups in total. The fraction of sp³-hybridized carbons (Fsp3) is 0.455. The first-order valence-corrected chi connectivity index (χ1v) is 5.21. The van der Waals surface area contributed by atoms with Gasteiger partial charge in [0.15, 0.2) is 0 Å². The second-order valence-corrected chi connectivity index (χ2v) is 3.86. The molecule has 4 nitrogen and oxygen atoms in total. The van der Waals surface area contributed by atoms with E-state index in [-0.39, 0.29) is 11.9 Å². The van der Waals surface area contributed by atoms with Crippen LogP contribution < -0.4 is 0 Å². The van der Waals surface area contributed by atoms with E-state index in [1.165, 1.54) is 17.2 Å². The molecule has 1 fully saturated rings. The van der Waals surface area contributed by atoms with Crippen LogP contribution >= 0.6 is 0 Å². The standard InChI is InChI=1S/C11H12FN3O/c12-5-9-2-1-3-15(9)11(16)10-4-8(6-13)7-14-10/h4,7,9,14H,1-3,5H2. The first-order valence-electron chi connectivity index (χ1n) is 5.21. The molecular weight excluding hydrogens is 209 g/mol. The zero-order valence-corrected chi connectivity index (χ0v) is 8.74. The molecule has 2 rings (SSSR count). The molecule has 1 atom stereocenters. The number of hydrogen-bond donors (Lipinski definition) is 1. The smallest absolute Gasteiger partial charge is 0.270 e. The van der Waals surface area contributed by atoms with Crippen LogP contribution in [0.4, 0.5) is 4.39 Å². The monoisotopic (exact) mass is 221 g/mol. The van der Waals surface area contributed by atoms with Crippen LogP contribution in [0.2, 0.25) is 0 Å². The molecule has 84 valence electrons. The minimum absolute atomic E-state index is 0.221.